The van der Waals surface area contributed by atoms with Crippen molar-refractivity contribution < 1.29 is 34.4 Å². The quantitative estimate of drug-likeness (QED) is 0.0718. The van der Waals surface area contributed by atoms with Crippen LogP contribution < -0.4 is 15.5 Å². The number of benzene rings is 6. The highest BCUT2D eigenvalue weighted by Gasteiger charge is 2.18. The van der Waals surface area contributed by atoms with Crippen LogP contribution in [0.4, 0.5) is 11.4 Å². The van der Waals surface area contributed by atoms with Crippen LogP contribution in [-0.2, 0) is 22.9 Å². The molecule has 0 aromatic heterocycles. The molecule has 0 aliphatic carbocycles. The predicted octanol–water partition coefficient (Wildman–Crippen LogP) is 9.30. The molecule has 0 heterocycles. The van der Waals surface area contributed by atoms with Gasteiger partial charge in [0.15, 0.2) is 0 Å². The highest BCUT2D eigenvalue weighted by molar-refractivity contribution is 6.11. The highest BCUT2D eigenvalue weighted by Crippen LogP contribution is 2.27. The van der Waals surface area contributed by atoms with Crippen molar-refractivity contribution in [1.29, 1.82) is 0 Å². The molecule has 0 fully saturated rings. The van der Waals surface area contributed by atoms with Gasteiger partial charge in [-0.1, -0.05) is 78.9 Å². The highest BCUT2D eigenvalue weighted by atomic mass is 17.1. The van der Waals surface area contributed by atoms with Crippen LogP contribution in [0.5, 0.6) is 11.5 Å². The molecule has 4 N–H and O–H groups in total. The summed E-state index contributed by atoms with van der Waals surface area (Å²) in [5.74, 6) is -0.578. The average Bonchev–Trinajstić information content (AvgIpc) is 3.14. The second-order valence-corrected chi connectivity index (χ2v) is 11.1. The number of hydrogen-bond acceptors (Lipinski definition) is 7. The zero-order valence-electron chi connectivity index (χ0n) is 26.2. The monoisotopic (exact) mass is 652 g/mol. The molecule has 49 heavy (non-hydrogen) atoms. The fourth-order valence-corrected chi connectivity index (χ4v) is 5.24. The summed E-state index contributed by atoms with van der Waals surface area (Å²) in [7, 11) is 0. The molecule has 0 bridgehead atoms. The molecule has 0 unspecified atom stereocenters. The van der Waals surface area contributed by atoms with E-state index >= 15 is 0 Å². The first kappa shape index (κ1) is 32.7. The molecule has 0 saturated heterocycles. The van der Waals surface area contributed by atoms with Gasteiger partial charge in [0.25, 0.3) is 5.91 Å². The third-order valence-corrected chi connectivity index (χ3v) is 7.76. The fourth-order valence-electron chi connectivity index (χ4n) is 5.24. The van der Waals surface area contributed by atoms with Crippen LogP contribution >= 0.6 is 0 Å². The minimum Gasteiger partial charge on any atom is -0.478 e. The number of amides is 1. The summed E-state index contributed by atoms with van der Waals surface area (Å²) < 4.78 is 5.95. The summed E-state index contributed by atoms with van der Waals surface area (Å²) in [6.45, 7) is 0.277. The second-order valence-electron chi connectivity index (χ2n) is 11.1. The number of rotatable bonds is 13. The molecule has 1 amide bonds. The first-order chi connectivity index (χ1) is 24.0. The van der Waals surface area contributed by atoms with Crippen LogP contribution in [0.1, 0.15) is 31.8 Å². The summed E-state index contributed by atoms with van der Waals surface area (Å²) in [4.78, 5) is 35.2. The molecule has 0 atom stereocenters. The van der Waals surface area contributed by atoms with Gasteiger partial charge in [0.1, 0.15) is 18.1 Å². The predicted molar refractivity (Wildman–Crippen MR) is 187 cm³/mol. The van der Waals surface area contributed by atoms with E-state index in [9.17, 15) is 14.7 Å². The van der Waals surface area contributed by atoms with Gasteiger partial charge in [-0.3, -0.25) is 20.4 Å². The molecule has 0 saturated carbocycles. The van der Waals surface area contributed by atoms with Crippen LogP contribution in [0.3, 0.4) is 0 Å². The summed E-state index contributed by atoms with van der Waals surface area (Å²) in [6.07, 6.45) is 0. The Balaban J connectivity index is 1.02. The minimum absolute atomic E-state index is 0.0351. The SMILES string of the molecule is O=C(O)c1cc(-c2ccccc2)ccc1C(=O)Nc1ccc(Oc2ccc(NOCc3ccc(-c4ccccc4)cc3COO)cc2)cc1. The number of carboxylic acid groups (broad SMARTS) is 1. The van der Waals surface area contributed by atoms with E-state index in [2.05, 4.69) is 15.7 Å². The Morgan fingerprint density at radius 3 is 1.71 bits per heavy atom. The first-order valence-corrected chi connectivity index (χ1v) is 15.4. The standard InChI is InChI=1S/C40H32N2O7/c43-39(37-22-13-30(24-38(37)40(44)45)28-9-5-2-6-10-28)41-33-14-18-35(19-15-33)49-36-20-16-34(17-21-36)42-47-25-31-12-11-29(23-32(31)26-48-46)27-7-3-1-4-8-27/h1-24,42,46H,25-26H2,(H,41,43)(H,44,45). The van der Waals surface area contributed by atoms with E-state index in [1.165, 1.54) is 12.1 Å². The van der Waals surface area contributed by atoms with E-state index in [0.717, 1.165) is 27.8 Å². The van der Waals surface area contributed by atoms with Gasteiger partial charge in [0.05, 0.1) is 23.4 Å². The molecule has 244 valence electrons. The lowest BCUT2D eigenvalue weighted by atomic mass is 9.98. The van der Waals surface area contributed by atoms with Gasteiger partial charge in [-0.15, -0.1) is 0 Å². The lowest BCUT2D eigenvalue weighted by Crippen LogP contribution is -2.16. The maximum Gasteiger partial charge on any atom is 0.336 e. The maximum atomic E-state index is 13.0. The normalized spacial score (nSPS) is 10.7. The van der Waals surface area contributed by atoms with Gasteiger partial charge in [0.2, 0.25) is 0 Å². The van der Waals surface area contributed by atoms with Crippen molar-refractivity contribution in [3.63, 3.8) is 0 Å². The Morgan fingerprint density at radius 1 is 0.551 bits per heavy atom. The minimum atomic E-state index is -1.18. The number of carboxylic acids is 1. The molecular formula is C40H32N2O7. The Bertz CT molecular complexity index is 2030. The summed E-state index contributed by atoms with van der Waals surface area (Å²) in [6, 6.07) is 44.0. The molecule has 6 aromatic carbocycles. The van der Waals surface area contributed by atoms with Crippen LogP contribution in [0.25, 0.3) is 22.3 Å². The molecular weight excluding hydrogens is 620 g/mol. The molecule has 6 rings (SSSR count). The Hall–Kier alpha value is -6.26. The zero-order chi connectivity index (χ0) is 34.0. The number of ether oxygens (including phenoxy) is 1. The Labute approximate surface area is 282 Å². The van der Waals surface area contributed by atoms with Gasteiger partial charge >= 0.3 is 5.97 Å². The van der Waals surface area contributed by atoms with E-state index in [4.69, 9.17) is 14.8 Å². The number of hydrogen-bond donors (Lipinski definition) is 4. The van der Waals surface area contributed by atoms with Gasteiger partial charge in [-0.25, -0.2) is 9.68 Å². The van der Waals surface area contributed by atoms with Gasteiger partial charge in [-0.2, -0.15) is 0 Å². The summed E-state index contributed by atoms with van der Waals surface area (Å²) in [5.41, 5.74) is 9.42. The number of carbonyl (C=O) groups is 2. The van der Waals surface area contributed by atoms with E-state index in [1.54, 1.807) is 42.5 Å². The van der Waals surface area contributed by atoms with Crippen molar-refractivity contribution in [3.8, 4) is 33.8 Å². The molecule has 0 spiro atoms. The number of nitrogens with one attached hydrogen (secondary N) is 2. The second kappa shape index (κ2) is 15.6. The van der Waals surface area contributed by atoms with Crippen molar-refractivity contribution in [2.45, 2.75) is 13.2 Å². The van der Waals surface area contributed by atoms with Crippen LogP contribution in [0.2, 0.25) is 0 Å². The summed E-state index contributed by atoms with van der Waals surface area (Å²) >= 11 is 0. The van der Waals surface area contributed by atoms with E-state index < -0.39 is 11.9 Å². The summed E-state index contributed by atoms with van der Waals surface area (Å²) in [5, 5.41) is 21.6. The molecule has 6 aromatic rings. The fraction of sp³-hybridized carbons (Fsp3) is 0.0500. The third kappa shape index (κ3) is 8.37. The van der Waals surface area contributed by atoms with Crippen molar-refractivity contribution in [2.24, 2.45) is 0 Å². The topological polar surface area (TPSA) is 126 Å². The zero-order valence-corrected chi connectivity index (χ0v) is 26.2. The largest absolute Gasteiger partial charge is 0.478 e. The number of anilines is 2. The lowest BCUT2D eigenvalue weighted by molar-refractivity contribution is -0.253. The van der Waals surface area contributed by atoms with Crippen molar-refractivity contribution in [2.75, 3.05) is 10.8 Å². The van der Waals surface area contributed by atoms with Gasteiger partial charge < -0.3 is 15.2 Å². The first-order valence-electron chi connectivity index (χ1n) is 15.4. The molecule has 0 radical (unpaired) electrons. The molecule has 9 nitrogen and oxygen atoms in total. The lowest BCUT2D eigenvalue weighted by Gasteiger charge is -2.13. The van der Waals surface area contributed by atoms with Crippen LogP contribution in [0.15, 0.2) is 146 Å². The third-order valence-electron chi connectivity index (χ3n) is 7.76. The Kier molecular flexibility index (Phi) is 10.4. The molecule has 0 aliphatic heterocycles. The van der Waals surface area contributed by atoms with Crippen molar-refractivity contribution >= 4 is 23.3 Å². The number of aromatic carboxylic acids is 1. The van der Waals surface area contributed by atoms with E-state index in [-0.39, 0.29) is 24.3 Å². The van der Waals surface area contributed by atoms with E-state index in [0.29, 0.717) is 28.4 Å². The van der Waals surface area contributed by atoms with E-state index in [1.807, 2.05) is 91.0 Å². The van der Waals surface area contributed by atoms with Gasteiger partial charge in [-0.05, 0) is 100 Å². The molecule has 0 aliphatic rings. The average molecular weight is 653 g/mol. The van der Waals surface area contributed by atoms with Crippen LogP contribution in [-0.4, -0.2) is 22.2 Å². The van der Waals surface area contributed by atoms with Crippen molar-refractivity contribution in [1.82, 2.24) is 0 Å². The molecule has 9 heteroatoms. The van der Waals surface area contributed by atoms with Gasteiger partial charge in [0, 0.05) is 5.69 Å². The number of carbonyl (C=O) groups excluding carboxylic acids is 1. The van der Waals surface area contributed by atoms with Crippen LogP contribution in [0, 0.1) is 0 Å². The Morgan fingerprint density at radius 2 is 1.12 bits per heavy atom. The van der Waals surface area contributed by atoms with Crippen molar-refractivity contribution in [3.05, 3.63) is 168 Å². The maximum absolute atomic E-state index is 13.0. The smallest absolute Gasteiger partial charge is 0.336 e.